The van der Waals surface area contributed by atoms with E-state index in [4.69, 9.17) is 0 Å². The Labute approximate surface area is 202 Å². The lowest BCUT2D eigenvalue weighted by Crippen LogP contribution is -2.38. The van der Waals surface area contributed by atoms with Crippen LogP contribution in [0.15, 0.2) is 42.6 Å². The number of carbonyl (C=O) groups is 2. The van der Waals surface area contributed by atoms with Crippen molar-refractivity contribution in [3.63, 3.8) is 0 Å². The van der Waals surface area contributed by atoms with Gasteiger partial charge in [-0.3, -0.25) is 9.59 Å². The first-order valence-electron chi connectivity index (χ1n) is 12.2. The van der Waals surface area contributed by atoms with Gasteiger partial charge in [-0.25, -0.2) is 13.8 Å². The Morgan fingerprint density at radius 2 is 1.83 bits per heavy atom. The largest absolute Gasteiger partial charge is 0.481 e. The molecule has 8 heteroatoms. The molecule has 0 unspecified atom stereocenters. The second-order valence-electron chi connectivity index (χ2n) is 9.75. The number of alkyl halides is 2. The highest BCUT2D eigenvalue weighted by atomic mass is 19.3. The van der Waals surface area contributed by atoms with Crippen molar-refractivity contribution in [3.05, 3.63) is 65.0 Å². The van der Waals surface area contributed by atoms with E-state index in [-0.39, 0.29) is 23.3 Å². The van der Waals surface area contributed by atoms with Crippen molar-refractivity contribution in [2.75, 3.05) is 6.54 Å². The lowest BCUT2D eigenvalue weighted by molar-refractivity contribution is -0.143. The van der Waals surface area contributed by atoms with Gasteiger partial charge in [0.05, 0.1) is 12.5 Å². The number of aromatic nitrogens is 2. The number of fused-ring (bicyclic) bond motifs is 3. The van der Waals surface area contributed by atoms with Crippen LogP contribution in [0.3, 0.4) is 0 Å². The number of benzene rings is 1. The second kappa shape index (κ2) is 9.76. The summed E-state index contributed by atoms with van der Waals surface area (Å²) in [6.45, 7) is 1.63. The minimum atomic E-state index is -2.50. The second-order valence-corrected chi connectivity index (χ2v) is 9.75. The van der Waals surface area contributed by atoms with E-state index in [1.54, 1.807) is 18.3 Å². The standard InChI is InChI=1S/C27H29F2N3O3/c28-25(29)19-7-5-18(6-8-19)15-32-23-16-31(13-11-21(23)22-2-1-12-30-26(22)32)24(33)14-17-3-9-20(10-4-17)27(34)35/h1-2,5-8,12,17,20,25H,3-4,9-11,13-16H2,(H,34,35). The van der Waals surface area contributed by atoms with E-state index in [0.717, 1.165) is 41.6 Å². The Kier molecular flexibility index (Phi) is 6.54. The molecule has 3 aromatic rings. The minimum Gasteiger partial charge on any atom is -0.481 e. The zero-order chi connectivity index (χ0) is 24.5. The van der Waals surface area contributed by atoms with Crippen LogP contribution in [-0.4, -0.2) is 38.0 Å². The molecule has 2 aliphatic rings. The molecule has 1 fully saturated rings. The number of carboxylic acid groups (broad SMARTS) is 1. The summed E-state index contributed by atoms with van der Waals surface area (Å²) in [5.74, 6) is -0.665. The molecule has 1 N–H and O–H groups in total. The summed E-state index contributed by atoms with van der Waals surface area (Å²) in [6, 6.07) is 10.3. The number of pyridine rings is 1. The van der Waals surface area contributed by atoms with Crippen molar-refractivity contribution in [2.45, 2.75) is 58.0 Å². The number of carboxylic acids is 1. The molecule has 1 aliphatic heterocycles. The molecule has 1 aliphatic carbocycles. The van der Waals surface area contributed by atoms with Crippen molar-refractivity contribution in [3.8, 4) is 0 Å². The molecule has 184 valence electrons. The average Bonchev–Trinajstić information content (AvgIpc) is 3.17. The lowest BCUT2D eigenvalue weighted by Gasteiger charge is -2.31. The van der Waals surface area contributed by atoms with E-state index in [2.05, 4.69) is 15.6 Å². The average molecular weight is 482 g/mol. The zero-order valence-corrected chi connectivity index (χ0v) is 19.5. The van der Waals surface area contributed by atoms with Crippen LogP contribution in [0.5, 0.6) is 0 Å². The van der Waals surface area contributed by atoms with E-state index in [9.17, 15) is 23.5 Å². The predicted molar refractivity (Wildman–Crippen MR) is 127 cm³/mol. The molecule has 1 aromatic carbocycles. The third-order valence-corrected chi connectivity index (χ3v) is 7.60. The zero-order valence-electron chi connectivity index (χ0n) is 19.5. The fraction of sp³-hybridized carbons (Fsp3) is 0.444. The highest BCUT2D eigenvalue weighted by Crippen LogP contribution is 2.34. The van der Waals surface area contributed by atoms with Gasteiger partial charge in [-0.1, -0.05) is 24.3 Å². The molecule has 5 rings (SSSR count). The molecule has 0 atom stereocenters. The molecule has 0 saturated heterocycles. The van der Waals surface area contributed by atoms with Gasteiger partial charge in [0.1, 0.15) is 5.65 Å². The molecule has 1 amide bonds. The van der Waals surface area contributed by atoms with Crippen molar-refractivity contribution < 1.29 is 23.5 Å². The summed E-state index contributed by atoms with van der Waals surface area (Å²) in [4.78, 5) is 30.9. The van der Waals surface area contributed by atoms with Crippen molar-refractivity contribution in [1.82, 2.24) is 14.5 Å². The van der Waals surface area contributed by atoms with Gasteiger partial charge < -0.3 is 14.6 Å². The Morgan fingerprint density at radius 3 is 2.51 bits per heavy atom. The van der Waals surface area contributed by atoms with Crippen LogP contribution in [-0.2, 0) is 29.1 Å². The summed E-state index contributed by atoms with van der Waals surface area (Å²) in [5, 5.41) is 10.3. The van der Waals surface area contributed by atoms with Crippen molar-refractivity contribution >= 4 is 22.9 Å². The number of hydrogen-bond acceptors (Lipinski definition) is 3. The number of amides is 1. The van der Waals surface area contributed by atoms with Gasteiger partial charge in [-0.15, -0.1) is 0 Å². The first-order chi connectivity index (χ1) is 16.9. The molecule has 2 aromatic heterocycles. The van der Waals surface area contributed by atoms with Gasteiger partial charge in [-0.05, 0) is 61.3 Å². The van der Waals surface area contributed by atoms with Crippen LogP contribution >= 0.6 is 0 Å². The summed E-state index contributed by atoms with van der Waals surface area (Å²) < 4.78 is 28.1. The number of halogens is 2. The number of aliphatic carboxylic acids is 1. The van der Waals surface area contributed by atoms with E-state index in [0.29, 0.717) is 38.9 Å². The van der Waals surface area contributed by atoms with Gasteiger partial charge in [-0.2, -0.15) is 0 Å². The first-order valence-corrected chi connectivity index (χ1v) is 12.2. The Morgan fingerprint density at radius 1 is 1.09 bits per heavy atom. The first kappa shape index (κ1) is 23.5. The molecular formula is C27H29F2N3O3. The molecule has 0 bridgehead atoms. The maximum absolute atomic E-state index is 13.2. The molecule has 0 radical (unpaired) electrons. The van der Waals surface area contributed by atoms with Gasteiger partial charge in [0.2, 0.25) is 5.91 Å². The lowest BCUT2D eigenvalue weighted by atomic mass is 9.80. The van der Waals surface area contributed by atoms with Crippen molar-refractivity contribution in [1.29, 1.82) is 0 Å². The summed E-state index contributed by atoms with van der Waals surface area (Å²) in [7, 11) is 0. The minimum absolute atomic E-state index is 0.000396. The van der Waals surface area contributed by atoms with Crippen LogP contribution in [0.4, 0.5) is 8.78 Å². The quantitative estimate of drug-likeness (QED) is 0.526. The smallest absolute Gasteiger partial charge is 0.306 e. The van der Waals surface area contributed by atoms with Crippen molar-refractivity contribution in [2.24, 2.45) is 11.8 Å². The van der Waals surface area contributed by atoms with E-state index in [1.807, 2.05) is 11.0 Å². The van der Waals surface area contributed by atoms with Gasteiger partial charge in [0, 0.05) is 42.4 Å². The van der Waals surface area contributed by atoms with E-state index in [1.165, 1.54) is 17.7 Å². The Balaban J connectivity index is 1.35. The summed E-state index contributed by atoms with van der Waals surface area (Å²) in [5.41, 5.74) is 3.99. The number of hydrogen-bond donors (Lipinski definition) is 1. The Bertz CT molecular complexity index is 1230. The maximum atomic E-state index is 13.2. The molecule has 0 spiro atoms. The molecule has 3 heterocycles. The monoisotopic (exact) mass is 481 g/mol. The third kappa shape index (κ3) is 4.79. The van der Waals surface area contributed by atoms with Gasteiger partial charge in [0.25, 0.3) is 6.43 Å². The fourth-order valence-corrected chi connectivity index (χ4v) is 5.58. The summed E-state index contributed by atoms with van der Waals surface area (Å²) >= 11 is 0. The van der Waals surface area contributed by atoms with E-state index >= 15 is 0 Å². The normalized spacial score (nSPS) is 20.3. The van der Waals surface area contributed by atoms with Gasteiger partial charge >= 0.3 is 5.97 Å². The topological polar surface area (TPSA) is 75.4 Å². The molecule has 1 saturated carbocycles. The number of carbonyl (C=O) groups excluding carboxylic acids is 1. The van der Waals surface area contributed by atoms with Crippen LogP contribution in [0.1, 0.15) is 60.9 Å². The predicted octanol–water partition coefficient (Wildman–Crippen LogP) is 5.19. The highest BCUT2D eigenvalue weighted by molar-refractivity contribution is 5.84. The van der Waals surface area contributed by atoms with Gasteiger partial charge in [0.15, 0.2) is 0 Å². The third-order valence-electron chi connectivity index (χ3n) is 7.60. The Hall–Kier alpha value is -3.29. The fourth-order valence-electron chi connectivity index (χ4n) is 5.58. The maximum Gasteiger partial charge on any atom is 0.306 e. The molecule has 6 nitrogen and oxygen atoms in total. The SMILES string of the molecule is O=C(O)C1CCC(CC(=O)N2CCc3c(n(Cc4ccc(C(F)F)cc4)c4ncccc34)C2)CC1. The summed E-state index contributed by atoms with van der Waals surface area (Å²) in [6.07, 6.45) is 3.29. The number of nitrogens with zero attached hydrogens (tertiary/aromatic N) is 3. The molecule has 35 heavy (non-hydrogen) atoms. The number of rotatable bonds is 6. The van der Waals surface area contributed by atoms with Crippen LogP contribution in [0.25, 0.3) is 11.0 Å². The molecular weight excluding hydrogens is 452 g/mol. The highest BCUT2D eigenvalue weighted by Gasteiger charge is 2.31. The van der Waals surface area contributed by atoms with E-state index < -0.39 is 12.4 Å². The van der Waals surface area contributed by atoms with Crippen LogP contribution in [0.2, 0.25) is 0 Å². The van der Waals surface area contributed by atoms with Crippen LogP contribution < -0.4 is 0 Å². The van der Waals surface area contributed by atoms with Crippen LogP contribution in [0, 0.1) is 11.8 Å².